The van der Waals surface area contributed by atoms with Gasteiger partial charge >= 0.3 is 6.18 Å². The summed E-state index contributed by atoms with van der Waals surface area (Å²) >= 11 is 0. The summed E-state index contributed by atoms with van der Waals surface area (Å²) in [5.74, 6) is 6.21. The Balaban J connectivity index is 1.34. The van der Waals surface area contributed by atoms with Crippen LogP contribution in [0, 0.1) is 18.8 Å². The number of halogens is 3. The van der Waals surface area contributed by atoms with Crippen LogP contribution >= 0.6 is 0 Å². The number of hydrogen-bond donors (Lipinski definition) is 2. The molecule has 1 unspecified atom stereocenters. The molecular weight excluding hydrogens is 505 g/mol. The lowest BCUT2D eigenvalue weighted by Crippen LogP contribution is -2.44. The van der Waals surface area contributed by atoms with Gasteiger partial charge in [0.2, 0.25) is 0 Å². The van der Waals surface area contributed by atoms with Gasteiger partial charge in [-0.3, -0.25) is 14.3 Å². The highest BCUT2D eigenvalue weighted by molar-refractivity contribution is 5.53. The molecule has 1 aliphatic heterocycles. The normalized spacial score (nSPS) is 15.6. The third kappa shape index (κ3) is 6.23. The van der Waals surface area contributed by atoms with E-state index in [-0.39, 0.29) is 17.8 Å². The molecule has 0 radical (unpaired) electrons. The first-order valence-electron chi connectivity index (χ1n) is 12.6. The molecule has 4 aromatic rings. The van der Waals surface area contributed by atoms with Crippen molar-refractivity contribution in [3.05, 3.63) is 94.7 Å². The molecule has 0 spiro atoms. The molecule has 0 aliphatic carbocycles. The molecule has 202 valence electrons. The van der Waals surface area contributed by atoms with Gasteiger partial charge in [0, 0.05) is 61.9 Å². The monoisotopic (exact) mass is 534 g/mol. The van der Waals surface area contributed by atoms with Gasteiger partial charge in [0.05, 0.1) is 18.0 Å². The molecule has 10 heteroatoms. The zero-order chi connectivity index (χ0) is 27.6. The topological polar surface area (TPSA) is 68.9 Å². The minimum atomic E-state index is -4.51. The summed E-state index contributed by atoms with van der Waals surface area (Å²) in [5.41, 5.74) is 3.16. The molecule has 2 aromatic carbocycles. The number of likely N-dealkylation sites (N-methyl/N-ethyl adjacent to an activating group) is 1. The van der Waals surface area contributed by atoms with Gasteiger partial charge in [0.25, 0.3) is 0 Å². The number of anilines is 1. The van der Waals surface area contributed by atoms with E-state index in [1.54, 1.807) is 43.0 Å². The Labute approximate surface area is 224 Å². The average Bonchev–Trinajstić information content (AvgIpc) is 3.33. The molecule has 1 atom stereocenters. The van der Waals surface area contributed by atoms with Crippen molar-refractivity contribution in [3.63, 3.8) is 0 Å². The number of fused-ring (bicyclic) bond motifs is 1. The van der Waals surface area contributed by atoms with Gasteiger partial charge in [-0.05, 0) is 49.2 Å². The highest BCUT2D eigenvalue weighted by Crippen LogP contribution is 2.35. The van der Waals surface area contributed by atoms with Crippen LogP contribution in [0.5, 0.6) is 0 Å². The van der Waals surface area contributed by atoms with Crippen molar-refractivity contribution in [1.29, 1.82) is 0 Å². The van der Waals surface area contributed by atoms with Crippen LogP contribution in [0.1, 0.15) is 39.7 Å². The summed E-state index contributed by atoms with van der Waals surface area (Å²) in [5, 5.41) is 13.7. The van der Waals surface area contributed by atoms with Gasteiger partial charge in [-0.25, -0.2) is 4.98 Å². The summed E-state index contributed by atoms with van der Waals surface area (Å²) in [6.07, 6.45) is 0.988. The lowest BCUT2D eigenvalue weighted by Gasteiger charge is -2.33. The first-order chi connectivity index (χ1) is 18.7. The molecule has 5 rings (SSSR count). The van der Waals surface area contributed by atoms with Crippen LogP contribution in [0.2, 0.25) is 0 Å². The summed E-state index contributed by atoms with van der Waals surface area (Å²) in [6, 6.07) is 9.43. The zero-order valence-electron chi connectivity index (χ0n) is 21.7. The van der Waals surface area contributed by atoms with E-state index in [9.17, 15) is 18.3 Å². The lowest BCUT2D eigenvalue weighted by molar-refractivity contribution is -0.138. The molecule has 0 bridgehead atoms. The maximum Gasteiger partial charge on any atom is 0.416 e. The first-order valence-corrected chi connectivity index (χ1v) is 12.6. The standard InChI is InChI=1S/C29H29F3N6O/c1-20-3-4-22(15-21(20)6-8-25-17-34-27-18-33-9-10-38(25)27)28(39)35-24-7-5-23(26(16-24)29(30,31)32)19-37-13-11-36(2)12-14-37/h3-5,7,9-10,15-18,28,35,39H,11-14,19H2,1-2H3. The second-order valence-corrected chi connectivity index (χ2v) is 9.77. The van der Waals surface area contributed by atoms with Crippen LogP contribution in [0.4, 0.5) is 18.9 Å². The average molecular weight is 535 g/mol. The molecular formula is C29H29F3N6O. The number of rotatable bonds is 5. The molecule has 1 saturated heterocycles. The fourth-order valence-corrected chi connectivity index (χ4v) is 4.57. The molecule has 3 heterocycles. The number of aliphatic hydroxyl groups excluding tert-OH is 1. The minimum Gasteiger partial charge on any atom is -0.369 e. The Hall–Kier alpha value is -3.91. The van der Waals surface area contributed by atoms with Crippen LogP contribution in [-0.4, -0.2) is 62.5 Å². The van der Waals surface area contributed by atoms with Crippen molar-refractivity contribution < 1.29 is 18.3 Å². The molecule has 7 nitrogen and oxygen atoms in total. The van der Waals surface area contributed by atoms with Crippen LogP contribution in [0.15, 0.2) is 61.2 Å². The number of hydrogen-bond acceptors (Lipinski definition) is 6. The third-order valence-corrected chi connectivity index (χ3v) is 6.93. The number of nitrogens with zero attached hydrogens (tertiary/aromatic N) is 5. The lowest BCUT2D eigenvalue weighted by atomic mass is 10.0. The fraction of sp³-hybridized carbons (Fsp3) is 0.310. The van der Waals surface area contributed by atoms with E-state index in [1.807, 2.05) is 29.3 Å². The number of benzene rings is 2. The largest absolute Gasteiger partial charge is 0.416 e. The highest BCUT2D eigenvalue weighted by atomic mass is 19.4. The molecule has 2 N–H and O–H groups in total. The number of piperazine rings is 1. The predicted octanol–water partition coefficient (Wildman–Crippen LogP) is 4.31. The third-order valence-electron chi connectivity index (χ3n) is 6.93. The summed E-state index contributed by atoms with van der Waals surface area (Å²) in [6.45, 7) is 5.23. The zero-order valence-corrected chi connectivity index (χ0v) is 21.7. The maximum absolute atomic E-state index is 14.0. The van der Waals surface area contributed by atoms with Crippen molar-refractivity contribution in [2.75, 3.05) is 38.5 Å². The van der Waals surface area contributed by atoms with Gasteiger partial charge in [-0.15, -0.1) is 0 Å². The number of imidazole rings is 1. The van der Waals surface area contributed by atoms with Gasteiger partial charge in [-0.2, -0.15) is 13.2 Å². The smallest absolute Gasteiger partial charge is 0.369 e. The van der Waals surface area contributed by atoms with E-state index in [2.05, 4.69) is 32.0 Å². The SMILES string of the molecule is Cc1ccc(C(O)Nc2ccc(CN3CCN(C)CC3)c(C(F)(F)F)c2)cc1C#Cc1cnc2cnccn12. The fourth-order valence-electron chi connectivity index (χ4n) is 4.57. The summed E-state index contributed by atoms with van der Waals surface area (Å²) in [7, 11) is 2.01. The second kappa shape index (κ2) is 11.1. The van der Waals surface area contributed by atoms with Crippen LogP contribution in [0.25, 0.3) is 5.65 Å². The van der Waals surface area contributed by atoms with Gasteiger partial charge in [0.15, 0.2) is 11.9 Å². The van der Waals surface area contributed by atoms with E-state index >= 15 is 0 Å². The Morgan fingerprint density at radius 3 is 2.62 bits per heavy atom. The molecule has 2 aromatic heterocycles. The molecule has 1 aliphatic rings. The maximum atomic E-state index is 14.0. The Bertz CT molecular complexity index is 1530. The van der Waals surface area contributed by atoms with E-state index in [0.717, 1.165) is 37.8 Å². The highest BCUT2D eigenvalue weighted by Gasteiger charge is 2.34. The Morgan fingerprint density at radius 2 is 1.85 bits per heavy atom. The first kappa shape index (κ1) is 26.7. The quantitative estimate of drug-likeness (QED) is 0.294. The minimum absolute atomic E-state index is 0.185. The van der Waals surface area contributed by atoms with Gasteiger partial charge in [-0.1, -0.05) is 24.1 Å². The van der Waals surface area contributed by atoms with E-state index < -0.39 is 18.0 Å². The van der Waals surface area contributed by atoms with Crippen LogP contribution < -0.4 is 5.32 Å². The molecule has 0 amide bonds. The number of nitrogens with one attached hydrogen (secondary N) is 1. The Morgan fingerprint density at radius 1 is 1.05 bits per heavy atom. The summed E-state index contributed by atoms with van der Waals surface area (Å²) < 4.78 is 43.7. The molecule has 0 saturated carbocycles. The van der Waals surface area contributed by atoms with E-state index in [0.29, 0.717) is 22.5 Å². The van der Waals surface area contributed by atoms with Gasteiger partial charge < -0.3 is 15.3 Å². The second-order valence-electron chi connectivity index (χ2n) is 9.77. The van der Waals surface area contributed by atoms with Crippen LogP contribution in [-0.2, 0) is 12.7 Å². The molecule has 39 heavy (non-hydrogen) atoms. The number of aromatic nitrogens is 3. The van der Waals surface area contributed by atoms with Crippen molar-refractivity contribution in [3.8, 4) is 11.8 Å². The van der Waals surface area contributed by atoms with Gasteiger partial charge in [0.1, 0.15) is 5.69 Å². The Kier molecular flexibility index (Phi) is 7.57. The number of alkyl halides is 3. The van der Waals surface area contributed by atoms with E-state index in [4.69, 9.17) is 0 Å². The molecule has 1 fully saturated rings. The van der Waals surface area contributed by atoms with Crippen molar-refractivity contribution in [1.82, 2.24) is 24.2 Å². The number of aliphatic hydroxyl groups is 1. The van der Waals surface area contributed by atoms with E-state index in [1.165, 1.54) is 6.07 Å². The van der Waals surface area contributed by atoms with Crippen LogP contribution in [0.3, 0.4) is 0 Å². The van der Waals surface area contributed by atoms with Crippen molar-refractivity contribution in [2.45, 2.75) is 25.9 Å². The predicted molar refractivity (Wildman–Crippen MR) is 143 cm³/mol. The number of aryl methyl sites for hydroxylation is 1. The van der Waals surface area contributed by atoms with Crippen molar-refractivity contribution >= 4 is 11.3 Å². The van der Waals surface area contributed by atoms with Crippen molar-refractivity contribution in [2.24, 2.45) is 0 Å². The summed E-state index contributed by atoms with van der Waals surface area (Å²) in [4.78, 5) is 12.5.